The van der Waals surface area contributed by atoms with Crippen LogP contribution < -0.4 is 4.90 Å². The van der Waals surface area contributed by atoms with Gasteiger partial charge in [0.1, 0.15) is 6.07 Å². The highest BCUT2D eigenvalue weighted by atomic mass is 15.2. The summed E-state index contributed by atoms with van der Waals surface area (Å²) in [5.74, 6) is 1.15. The number of rotatable bonds is 3. The van der Waals surface area contributed by atoms with Gasteiger partial charge in [0.25, 0.3) is 0 Å². The third kappa shape index (κ3) is 4.23. The molecule has 1 saturated heterocycles. The Labute approximate surface area is 222 Å². The number of piperidine rings is 1. The summed E-state index contributed by atoms with van der Waals surface area (Å²) in [7, 11) is 2.04. The van der Waals surface area contributed by atoms with Crippen LogP contribution in [0.2, 0.25) is 0 Å². The van der Waals surface area contributed by atoms with Crippen LogP contribution in [0.1, 0.15) is 45.1 Å². The zero-order valence-corrected chi connectivity index (χ0v) is 22.3. The number of nitriles is 1. The van der Waals surface area contributed by atoms with Crippen molar-refractivity contribution in [3.05, 3.63) is 107 Å². The molecule has 1 fully saturated rings. The number of hydrogen-bond acceptors (Lipinski definition) is 3. The van der Waals surface area contributed by atoms with Crippen LogP contribution in [0.15, 0.2) is 102 Å². The number of likely N-dealkylation sites (N-methyl/N-ethyl adjacent to an activating group) is 1. The van der Waals surface area contributed by atoms with Crippen molar-refractivity contribution in [1.82, 2.24) is 4.90 Å². The van der Waals surface area contributed by atoms with Gasteiger partial charge in [-0.05, 0) is 77.5 Å². The second-order valence-corrected chi connectivity index (χ2v) is 11.8. The van der Waals surface area contributed by atoms with E-state index in [2.05, 4.69) is 109 Å². The van der Waals surface area contributed by atoms with E-state index in [0.29, 0.717) is 23.9 Å². The van der Waals surface area contributed by atoms with Crippen LogP contribution in [-0.2, 0) is 0 Å². The van der Waals surface area contributed by atoms with Crippen LogP contribution in [0, 0.1) is 28.6 Å². The van der Waals surface area contributed by atoms with Gasteiger partial charge in [-0.25, -0.2) is 0 Å². The van der Waals surface area contributed by atoms with Crippen molar-refractivity contribution < 1.29 is 0 Å². The van der Waals surface area contributed by atoms with Crippen molar-refractivity contribution >= 4 is 11.3 Å². The summed E-state index contributed by atoms with van der Waals surface area (Å²) in [5, 5.41) is 9.46. The highest BCUT2D eigenvalue weighted by molar-refractivity contribution is 5.75. The lowest BCUT2D eigenvalue weighted by Crippen LogP contribution is -2.61. The molecule has 3 aliphatic carbocycles. The molecule has 6 rings (SSSR count). The van der Waals surface area contributed by atoms with Crippen molar-refractivity contribution in [2.45, 2.75) is 51.6 Å². The highest BCUT2D eigenvalue weighted by Gasteiger charge is 2.51. The molecule has 37 heavy (non-hydrogen) atoms. The fourth-order valence-corrected chi connectivity index (χ4v) is 7.33. The third-order valence-corrected chi connectivity index (χ3v) is 9.18. The number of nitrogens with zero attached hydrogens (tertiary/aromatic N) is 3. The van der Waals surface area contributed by atoms with Gasteiger partial charge >= 0.3 is 0 Å². The smallest absolute Gasteiger partial charge is 0.101 e. The fraction of sp³-hybridized carbons (Fsp3) is 0.382. The van der Waals surface area contributed by atoms with Crippen molar-refractivity contribution in [2.24, 2.45) is 17.3 Å². The quantitative estimate of drug-likeness (QED) is 0.417. The van der Waals surface area contributed by atoms with Crippen LogP contribution in [0.3, 0.4) is 0 Å². The predicted octanol–water partition coefficient (Wildman–Crippen LogP) is 7.36. The van der Waals surface area contributed by atoms with Crippen LogP contribution in [-0.4, -0.2) is 30.6 Å². The first-order valence-corrected chi connectivity index (χ1v) is 13.8. The molecule has 0 aromatic heterocycles. The molecule has 0 amide bonds. The molecule has 4 atom stereocenters. The van der Waals surface area contributed by atoms with E-state index in [0.717, 1.165) is 25.0 Å². The Bertz CT molecular complexity index is 1340. The van der Waals surface area contributed by atoms with Gasteiger partial charge in [0, 0.05) is 31.4 Å². The van der Waals surface area contributed by atoms with Crippen LogP contribution in [0.25, 0.3) is 5.57 Å². The van der Waals surface area contributed by atoms with E-state index in [1.165, 1.54) is 40.8 Å². The molecule has 0 bridgehead atoms. The minimum absolute atomic E-state index is 0.263. The van der Waals surface area contributed by atoms with E-state index >= 15 is 0 Å². The summed E-state index contributed by atoms with van der Waals surface area (Å²) in [5.41, 5.74) is 7.50. The van der Waals surface area contributed by atoms with Gasteiger partial charge in [0.15, 0.2) is 0 Å². The molecule has 188 valence electrons. The fourth-order valence-electron chi connectivity index (χ4n) is 7.33. The highest BCUT2D eigenvalue weighted by Crippen LogP contribution is 2.53. The van der Waals surface area contributed by atoms with Gasteiger partial charge < -0.3 is 9.80 Å². The van der Waals surface area contributed by atoms with Gasteiger partial charge in [-0.1, -0.05) is 74.6 Å². The van der Waals surface area contributed by atoms with Crippen LogP contribution >= 0.6 is 0 Å². The Kier molecular flexibility index (Phi) is 6.07. The van der Waals surface area contributed by atoms with Crippen LogP contribution in [0.4, 0.5) is 5.69 Å². The van der Waals surface area contributed by atoms with Crippen molar-refractivity contribution in [3.63, 3.8) is 0 Å². The second-order valence-electron chi connectivity index (χ2n) is 11.8. The van der Waals surface area contributed by atoms with E-state index in [1.807, 2.05) is 13.2 Å². The van der Waals surface area contributed by atoms with E-state index < -0.39 is 0 Å². The average molecular weight is 488 g/mol. The minimum Gasteiger partial charge on any atom is -0.375 e. The van der Waals surface area contributed by atoms with E-state index in [1.54, 1.807) is 0 Å². The zero-order chi connectivity index (χ0) is 25.6. The molecule has 1 aromatic rings. The predicted molar refractivity (Wildman–Crippen MR) is 154 cm³/mol. The summed E-state index contributed by atoms with van der Waals surface area (Å²) >= 11 is 0. The molecule has 0 radical (unpaired) electrons. The topological polar surface area (TPSA) is 30.3 Å². The Morgan fingerprint density at radius 1 is 1.00 bits per heavy atom. The molecular formula is C34H37N3. The Morgan fingerprint density at radius 3 is 2.73 bits per heavy atom. The van der Waals surface area contributed by atoms with Gasteiger partial charge in [-0.3, -0.25) is 0 Å². The molecule has 0 saturated carbocycles. The molecule has 0 spiro atoms. The van der Waals surface area contributed by atoms with Crippen molar-refractivity contribution in [3.8, 4) is 6.07 Å². The summed E-state index contributed by atoms with van der Waals surface area (Å²) in [4.78, 5) is 4.81. The van der Waals surface area contributed by atoms with E-state index in [-0.39, 0.29) is 5.41 Å². The average Bonchev–Trinajstić information content (AvgIpc) is 2.93. The Morgan fingerprint density at radius 2 is 1.86 bits per heavy atom. The lowest BCUT2D eigenvalue weighted by molar-refractivity contribution is 0.0686. The first-order valence-electron chi connectivity index (χ1n) is 13.8. The van der Waals surface area contributed by atoms with E-state index in [9.17, 15) is 5.26 Å². The lowest BCUT2D eigenvalue weighted by atomic mass is 9.57. The normalized spacial score (nSPS) is 29.9. The van der Waals surface area contributed by atoms with Gasteiger partial charge in [0.05, 0.1) is 17.7 Å². The summed E-state index contributed by atoms with van der Waals surface area (Å²) < 4.78 is 0. The maximum Gasteiger partial charge on any atom is 0.101 e. The number of fused-ring (bicyclic) bond motifs is 2. The first-order chi connectivity index (χ1) is 18.0. The minimum atomic E-state index is 0.263. The number of anilines is 1. The molecule has 1 aromatic carbocycles. The summed E-state index contributed by atoms with van der Waals surface area (Å²) in [6.07, 6.45) is 27.4. The number of hydrogen-bond donors (Lipinski definition) is 0. The SMILES string of the molecule is CN1C=C(C#N)C=C(C2=CCCC(c3cccc(N4C5C=CC=CC5C(C)(C)C5CCC=CC54)c3)=C2)C1. The first kappa shape index (κ1) is 23.9. The molecule has 2 aliphatic heterocycles. The molecule has 3 heteroatoms. The van der Waals surface area contributed by atoms with Crippen molar-refractivity contribution in [2.75, 3.05) is 18.5 Å². The van der Waals surface area contributed by atoms with Gasteiger partial charge in [-0.2, -0.15) is 5.26 Å². The molecule has 2 heterocycles. The largest absolute Gasteiger partial charge is 0.375 e. The third-order valence-electron chi connectivity index (χ3n) is 9.18. The number of allylic oxidation sites excluding steroid dienone is 8. The molecule has 0 N–H and O–H groups in total. The Balaban J connectivity index is 1.36. The molecule has 4 unspecified atom stereocenters. The van der Waals surface area contributed by atoms with E-state index in [4.69, 9.17) is 0 Å². The standard InChI is InChI=1S/C34H37N3/c1-34(2)30-14-4-6-16-32(30)37(33-17-7-5-15-31(33)34)29-13-9-12-27(20-29)25-10-8-11-26(19-25)28-18-24(21-35)22-36(3)23-28/h4,6-7,9,11-14,16-20,22,30-33H,5,8,10,15,23H2,1-3H3. The monoisotopic (exact) mass is 487 g/mol. The molecule has 3 nitrogen and oxygen atoms in total. The molecular weight excluding hydrogens is 450 g/mol. The van der Waals surface area contributed by atoms with Gasteiger partial charge in [0.2, 0.25) is 0 Å². The summed E-state index contributed by atoms with van der Waals surface area (Å²) in [6, 6.07) is 12.4. The number of benzene rings is 1. The lowest BCUT2D eigenvalue weighted by Gasteiger charge is -2.59. The summed E-state index contributed by atoms with van der Waals surface area (Å²) in [6.45, 7) is 5.82. The van der Waals surface area contributed by atoms with Crippen LogP contribution in [0.5, 0.6) is 0 Å². The second kappa shape index (κ2) is 9.42. The van der Waals surface area contributed by atoms with Crippen molar-refractivity contribution in [1.29, 1.82) is 5.26 Å². The van der Waals surface area contributed by atoms with Gasteiger partial charge in [-0.15, -0.1) is 0 Å². The molecule has 5 aliphatic rings. The maximum atomic E-state index is 9.46. The Hall–Kier alpha value is -3.51. The zero-order valence-electron chi connectivity index (χ0n) is 22.3. The maximum absolute atomic E-state index is 9.46.